The van der Waals surface area contributed by atoms with Crippen LogP contribution in [0.15, 0.2) is 186 Å². The molecule has 0 saturated heterocycles. The quantitative estimate of drug-likeness (QED) is 0.167. The van der Waals surface area contributed by atoms with Gasteiger partial charge in [-0.25, -0.2) is 0 Å². The first-order valence-corrected chi connectivity index (χ1v) is 19.3. The predicted octanol–water partition coefficient (Wildman–Crippen LogP) is 15.6. The molecule has 2 heteroatoms. The van der Waals surface area contributed by atoms with Gasteiger partial charge in [0.25, 0.3) is 0 Å². The van der Waals surface area contributed by atoms with Crippen LogP contribution < -0.4 is 0 Å². The third-order valence-electron chi connectivity index (χ3n) is 11.4. The summed E-state index contributed by atoms with van der Waals surface area (Å²) in [5, 5.41) is 14.9. The van der Waals surface area contributed by atoms with Crippen molar-refractivity contribution in [2.75, 3.05) is 0 Å². The van der Waals surface area contributed by atoms with Gasteiger partial charge in [-0.15, -0.1) is 11.3 Å². The monoisotopic (exact) mass is 702 g/mol. The largest absolute Gasteiger partial charge is 0.455 e. The lowest BCUT2D eigenvalue weighted by atomic mass is 9.84. The zero-order valence-corrected chi connectivity index (χ0v) is 30.0. The summed E-state index contributed by atoms with van der Waals surface area (Å²) in [5.41, 5.74) is 9.16. The van der Waals surface area contributed by atoms with E-state index < -0.39 is 0 Å². The van der Waals surface area contributed by atoms with Gasteiger partial charge < -0.3 is 4.42 Å². The fourth-order valence-electron chi connectivity index (χ4n) is 9.14. The summed E-state index contributed by atoms with van der Waals surface area (Å²) in [4.78, 5) is 0. The van der Waals surface area contributed by atoms with E-state index in [4.69, 9.17) is 4.42 Å². The molecule has 0 radical (unpaired) electrons. The van der Waals surface area contributed by atoms with Crippen molar-refractivity contribution in [2.45, 2.75) is 0 Å². The van der Waals surface area contributed by atoms with E-state index in [2.05, 4.69) is 182 Å². The maximum absolute atomic E-state index is 6.89. The van der Waals surface area contributed by atoms with Gasteiger partial charge in [0.15, 0.2) is 0 Å². The van der Waals surface area contributed by atoms with Gasteiger partial charge in [0.05, 0.1) is 0 Å². The molecule has 0 aliphatic carbocycles. The van der Waals surface area contributed by atoms with Crippen LogP contribution in [-0.2, 0) is 0 Å². The molecule has 0 N–H and O–H groups in total. The van der Waals surface area contributed by atoms with Crippen LogP contribution in [0.2, 0.25) is 0 Å². The molecule has 0 aliphatic rings. The van der Waals surface area contributed by atoms with Crippen LogP contribution in [0.1, 0.15) is 0 Å². The Morgan fingerprint density at radius 2 is 0.889 bits per heavy atom. The van der Waals surface area contributed by atoms with Gasteiger partial charge in [0.1, 0.15) is 11.2 Å². The second-order valence-electron chi connectivity index (χ2n) is 14.3. The van der Waals surface area contributed by atoms with Gasteiger partial charge in [-0.3, -0.25) is 0 Å². The van der Waals surface area contributed by atoms with Crippen LogP contribution in [-0.4, -0.2) is 0 Å². The summed E-state index contributed by atoms with van der Waals surface area (Å²) in [7, 11) is 0. The molecular weight excluding hydrogens is 673 g/mol. The number of fused-ring (bicyclic) bond motifs is 11. The second kappa shape index (κ2) is 11.4. The van der Waals surface area contributed by atoms with Crippen LogP contribution in [0, 0.1) is 0 Å². The first-order valence-electron chi connectivity index (χ1n) is 18.5. The first kappa shape index (κ1) is 29.8. The highest BCUT2D eigenvalue weighted by atomic mass is 32.1. The Balaban J connectivity index is 1.10. The van der Waals surface area contributed by atoms with E-state index in [0.29, 0.717) is 0 Å². The van der Waals surface area contributed by atoms with Crippen molar-refractivity contribution in [2.24, 2.45) is 0 Å². The average molecular weight is 703 g/mol. The highest BCUT2D eigenvalue weighted by molar-refractivity contribution is 7.26. The molecule has 0 spiro atoms. The van der Waals surface area contributed by atoms with Crippen molar-refractivity contribution < 1.29 is 4.42 Å². The minimum absolute atomic E-state index is 0.929. The lowest BCUT2D eigenvalue weighted by molar-refractivity contribution is 0.671. The molecule has 0 saturated carbocycles. The van der Waals surface area contributed by atoms with Crippen LogP contribution >= 0.6 is 11.3 Å². The zero-order valence-electron chi connectivity index (χ0n) is 29.1. The molecule has 10 aromatic carbocycles. The molecule has 0 amide bonds. The maximum Gasteiger partial charge on any atom is 0.143 e. The van der Waals surface area contributed by atoms with E-state index >= 15 is 0 Å². The average Bonchev–Trinajstić information content (AvgIpc) is 3.80. The van der Waals surface area contributed by atoms with Crippen molar-refractivity contribution in [1.29, 1.82) is 0 Å². The van der Waals surface area contributed by atoms with Crippen molar-refractivity contribution in [3.63, 3.8) is 0 Å². The Bertz CT molecular complexity index is 3430. The van der Waals surface area contributed by atoms with E-state index in [9.17, 15) is 0 Å². The summed E-state index contributed by atoms with van der Waals surface area (Å²) in [6, 6.07) is 66.6. The Labute approximate surface area is 314 Å². The number of benzene rings is 10. The lowest BCUT2D eigenvalue weighted by Gasteiger charge is -2.19. The van der Waals surface area contributed by atoms with Gasteiger partial charge in [-0.2, -0.15) is 0 Å². The second-order valence-corrected chi connectivity index (χ2v) is 15.4. The van der Waals surface area contributed by atoms with E-state index in [1.807, 2.05) is 11.3 Å². The molecule has 250 valence electrons. The predicted molar refractivity (Wildman–Crippen MR) is 233 cm³/mol. The van der Waals surface area contributed by atoms with Gasteiger partial charge in [0, 0.05) is 36.5 Å². The van der Waals surface area contributed by atoms with Crippen molar-refractivity contribution >= 4 is 96.5 Å². The SMILES string of the molecule is c1ccc2c(-c3c4ccccc4c(-c4ccc(-c5c6ccccc6cc6c5oc5ccc7sc8ccccc8c7c56)cc4)c4ccccc34)cccc2c1. The number of thiophene rings is 1. The lowest BCUT2D eigenvalue weighted by Crippen LogP contribution is -1.91. The minimum atomic E-state index is 0.929. The highest BCUT2D eigenvalue weighted by Crippen LogP contribution is 2.48. The number of rotatable bonds is 3. The zero-order chi connectivity index (χ0) is 35.3. The smallest absolute Gasteiger partial charge is 0.143 e. The number of hydrogen-bond acceptors (Lipinski definition) is 2. The third kappa shape index (κ3) is 4.20. The van der Waals surface area contributed by atoms with Gasteiger partial charge in [0.2, 0.25) is 0 Å². The fraction of sp³-hybridized carbons (Fsp3) is 0. The van der Waals surface area contributed by atoms with Crippen LogP contribution in [0.5, 0.6) is 0 Å². The van der Waals surface area contributed by atoms with E-state index in [1.54, 1.807) is 0 Å². The molecule has 0 atom stereocenters. The molecule has 12 aromatic rings. The standard InChI is InChI=1S/C52H30OS/c1-3-15-35-31(12-1)14-11-22-37(35)49-40-19-7-5-17-38(40)47(39-18-6-8-20-41(39)49)32-24-26-33(27-25-32)48-36-16-4-2-13-34(36)30-43-50-44(53-52(43)48)28-29-46-51(50)42-21-9-10-23-45(42)54-46/h1-30H. The molecule has 2 aromatic heterocycles. The summed E-state index contributed by atoms with van der Waals surface area (Å²) >= 11 is 1.85. The van der Waals surface area contributed by atoms with Crippen molar-refractivity contribution in [3.8, 4) is 33.4 Å². The minimum Gasteiger partial charge on any atom is -0.455 e. The molecular formula is C52H30OS. The maximum atomic E-state index is 6.89. The Morgan fingerprint density at radius 3 is 1.61 bits per heavy atom. The molecule has 12 rings (SSSR count). The van der Waals surface area contributed by atoms with Crippen LogP contribution in [0.25, 0.3) is 119 Å². The molecule has 2 heterocycles. The molecule has 0 unspecified atom stereocenters. The summed E-state index contributed by atoms with van der Waals surface area (Å²) in [6.07, 6.45) is 0. The van der Waals surface area contributed by atoms with Gasteiger partial charge in [-0.1, -0.05) is 158 Å². The van der Waals surface area contributed by atoms with E-state index in [0.717, 1.165) is 27.7 Å². The van der Waals surface area contributed by atoms with Crippen LogP contribution in [0.4, 0.5) is 0 Å². The van der Waals surface area contributed by atoms with Crippen molar-refractivity contribution in [3.05, 3.63) is 182 Å². The van der Waals surface area contributed by atoms with Crippen molar-refractivity contribution in [1.82, 2.24) is 0 Å². The topological polar surface area (TPSA) is 13.1 Å². The number of hydrogen-bond donors (Lipinski definition) is 0. The Hall–Kier alpha value is -6.74. The first-order chi connectivity index (χ1) is 26.8. The summed E-state index contributed by atoms with van der Waals surface area (Å²) < 4.78 is 9.48. The van der Waals surface area contributed by atoms with Gasteiger partial charge in [-0.05, 0) is 95.2 Å². The molecule has 0 fully saturated rings. The van der Waals surface area contributed by atoms with Gasteiger partial charge >= 0.3 is 0 Å². The molecule has 0 bridgehead atoms. The summed E-state index contributed by atoms with van der Waals surface area (Å²) in [6.45, 7) is 0. The molecule has 0 aliphatic heterocycles. The fourth-order valence-corrected chi connectivity index (χ4v) is 10.3. The third-order valence-corrected chi connectivity index (χ3v) is 12.6. The van der Waals surface area contributed by atoms with E-state index in [1.165, 1.54) is 90.9 Å². The Morgan fingerprint density at radius 1 is 0.333 bits per heavy atom. The van der Waals surface area contributed by atoms with E-state index in [-0.39, 0.29) is 0 Å². The van der Waals surface area contributed by atoms with Crippen LogP contribution in [0.3, 0.4) is 0 Å². The Kier molecular flexibility index (Phi) is 6.28. The number of furan rings is 1. The highest BCUT2D eigenvalue weighted by Gasteiger charge is 2.21. The molecule has 1 nitrogen and oxygen atoms in total. The normalized spacial score (nSPS) is 12.1. The molecule has 54 heavy (non-hydrogen) atoms. The summed E-state index contributed by atoms with van der Waals surface area (Å²) in [5.74, 6) is 0.